The van der Waals surface area contributed by atoms with Crippen molar-refractivity contribution in [3.8, 4) is 0 Å². The van der Waals surface area contributed by atoms with Gasteiger partial charge in [0.15, 0.2) is 18.0 Å². The summed E-state index contributed by atoms with van der Waals surface area (Å²) in [6.07, 6.45) is 29.9. The molecule has 2 saturated heterocycles. The van der Waals surface area contributed by atoms with Gasteiger partial charge >= 0.3 is 13.9 Å². The fourth-order valence-corrected chi connectivity index (χ4v) is 6.30. The molecule has 2 fully saturated rings. The third-order valence-electron chi connectivity index (χ3n) is 7.25. The number of ether oxygens (including phenoxy) is 1. The van der Waals surface area contributed by atoms with E-state index in [1.807, 2.05) is 12.2 Å². The van der Waals surface area contributed by atoms with Crippen molar-refractivity contribution < 1.29 is 32.4 Å². The zero-order valence-corrected chi connectivity index (χ0v) is 28.2. The maximum Gasteiger partial charge on any atom is 0.573 e. The summed E-state index contributed by atoms with van der Waals surface area (Å²) in [5.41, 5.74) is 2.52. The molecule has 2 aliphatic rings. The number of aromatic nitrogens is 2. The number of carbonyl (C=O) groups excluding carboxylic acids is 1. The van der Waals surface area contributed by atoms with Crippen LogP contribution >= 0.6 is 8.17 Å². The Bertz CT molecular complexity index is 1360. The number of hydrogen-bond donors (Lipinski definition) is 3. The van der Waals surface area contributed by atoms with Gasteiger partial charge < -0.3 is 15.8 Å². The molecule has 0 aliphatic carbocycles. The molecule has 1 unspecified atom stereocenters. The van der Waals surface area contributed by atoms with E-state index in [1.165, 1.54) is 19.2 Å². The van der Waals surface area contributed by atoms with E-state index in [0.29, 0.717) is 12.8 Å². The fraction of sp³-hybridized carbons (Fsp3) is 0.500. The summed E-state index contributed by atoms with van der Waals surface area (Å²) in [5.74, 6) is -0.175. The average molecular weight is 676 g/mol. The molecule has 0 aromatic carbocycles. The van der Waals surface area contributed by atoms with Gasteiger partial charge in [-0.25, -0.2) is 9.18 Å². The second-order valence-electron chi connectivity index (χ2n) is 11.1. The van der Waals surface area contributed by atoms with Gasteiger partial charge in [0.1, 0.15) is 25.1 Å². The van der Waals surface area contributed by atoms with Crippen molar-refractivity contribution in [2.24, 2.45) is 0 Å². The predicted molar refractivity (Wildman–Crippen MR) is 183 cm³/mol. The van der Waals surface area contributed by atoms with Crippen molar-refractivity contribution in [2.75, 3.05) is 25.5 Å². The van der Waals surface area contributed by atoms with Crippen LogP contribution in [0.25, 0.3) is 0 Å². The number of amides is 1. The summed E-state index contributed by atoms with van der Waals surface area (Å²) in [6, 6.07) is 1.35. The SMILES string of the molecule is CCC=CCC=CCC=CCC=CCC=CCC=CCCC(=O)NCCO[P+]1(O)OC[C@H]2O[C@@H](n3ccc(N)nc3=O)[C@](C)(F)[C@@H]2O1. The maximum absolute atomic E-state index is 15.8. The van der Waals surface area contributed by atoms with Crippen LogP contribution in [0.5, 0.6) is 0 Å². The minimum atomic E-state index is -3.89. The van der Waals surface area contributed by atoms with Crippen molar-refractivity contribution in [1.82, 2.24) is 14.9 Å². The number of nitrogens with two attached hydrogens (primary N) is 1. The molecule has 3 heterocycles. The average Bonchev–Trinajstić information content (AvgIpc) is 3.29. The Hall–Kier alpha value is -3.25. The van der Waals surface area contributed by atoms with Crippen LogP contribution in [0.2, 0.25) is 0 Å². The van der Waals surface area contributed by atoms with E-state index in [9.17, 15) is 14.5 Å². The molecule has 0 spiro atoms. The Morgan fingerprint density at radius 1 is 1.09 bits per heavy atom. The Balaban J connectivity index is 1.24. The standard InChI is InChI=1S/C34H48FN4O7P/c1-3-4-5-6-7-8-9-10-11-12-13-14-15-16-17-18-19-20-21-22-30(40)37-24-26-43-47(42)44-27-28-31(46-47)34(2,35)32(45-28)39-25-23-29(36)38-33(39)41/h4-5,7-8,10-11,13-14,16-17,19-20,23,25,28,31-32,42H,3,6,9,12,15,18,21-22,24,26-27H2,1-2H3,(H2-,36,37,38,40,41)/p+1/t28-,31-,32-,34-,47?/m1/s1. The number of allylic oxidation sites excluding steroid dienone is 12. The van der Waals surface area contributed by atoms with Gasteiger partial charge in [0.25, 0.3) is 0 Å². The normalized spacial score (nSPS) is 26.6. The van der Waals surface area contributed by atoms with E-state index in [2.05, 4.69) is 78.0 Å². The molecule has 0 saturated carbocycles. The number of halogens is 1. The smallest absolute Gasteiger partial charge is 0.383 e. The van der Waals surface area contributed by atoms with E-state index < -0.39 is 38.0 Å². The van der Waals surface area contributed by atoms with Gasteiger partial charge in [0.05, 0.1) is 0 Å². The van der Waals surface area contributed by atoms with Crippen LogP contribution in [0.15, 0.2) is 90.0 Å². The molecular weight excluding hydrogens is 626 g/mol. The summed E-state index contributed by atoms with van der Waals surface area (Å²) in [4.78, 5) is 38.7. The van der Waals surface area contributed by atoms with E-state index in [1.54, 1.807) is 0 Å². The number of carbonyl (C=O) groups is 1. The largest absolute Gasteiger partial charge is 0.573 e. The van der Waals surface area contributed by atoms with Gasteiger partial charge in [-0.1, -0.05) is 79.8 Å². The molecular formula is C34H49FN4O7P+. The van der Waals surface area contributed by atoms with Crippen molar-refractivity contribution in [1.29, 1.82) is 0 Å². The molecule has 0 radical (unpaired) electrons. The quantitative estimate of drug-likeness (QED) is 0.0893. The lowest BCUT2D eigenvalue weighted by atomic mass is 9.98. The Labute approximate surface area is 277 Å². The maximum atomic E-state index is 15.8. The number of anilines is 1. The van der Waals surface area contributed by atoms with E-state index in [4.69, 9.17) is 24.0 Å². The Morgan fingerprint density at radius 3 is 2.23 bits per heavy atom. The second kappa shape index (κ2) is 20.2. The van der Waals surface area contributed by atoms with Crippen LogP contribution < -0.4 is 16.7 Å². The first-order valence-corrected chi connectivity index (χ1v) is 17.6. The minimum absolute atomic E-state index is 0.00342. The third-order valence-corrected chi connectivity index (χ3v) is 8.72. The summed E-state index contributed by atoms with van der Waals surface area (Å²) >= 11 is 0. The molecule has 1 amide bonds. The molecule has 0 bridgehead atoms. The van der Waals surface area contributed by atoms with Crippen LogP contribution in [0.3, 0.4) is 0 Å². The first-order valence-electron chi connectivity index (χ1n) is 16.1. The van der Waals surface area contributed by atoms with Gasteiger partial charge in [0.2, 0.25) is 5.91 Å². The number of rotatable bonds is 19. The summed E-state index contributed by atoms with van der Waals surface area (Å²) in [7, 11) is -3.89. The first kappa shape index (κ1) is 38.2. The highest BCUT2D eigenvalue weighted by molar-refractivity contribution is 7.55. The summed E-state index contributed by atoms with van der Waals surface area (Å²) < 4.78 is 38.8. The molecule has 13 heteroatoms. The highest BCUT2D eigenvalue weighted by Gasteiger charge is 2.67. The monoisotopic (exact) mass is 675 g/mol. The molecule has 1 aromatic rings. The Kier molecular flexibility index (Phi) is 16.4. The second-order valence-corrected chi connectivity index (χ2v) is 12.8. The van der Waals surface area contributed by atoms with Crippen LogP contribution in [-0.4, -0.2) is 58.0 Å². The summed E-state index contributed by atoms with van der Waals surface area (Å²) in [5, 5.41) is 2.71. The first-order chi connectivity index (χ1) is 22.7. The number of hydrogen-bond acceptors (Lipinski definition) is 9. The number of nitrogens with one attached hydrogen (secondary N) is 1. The van der Waals surface area contributed by atoms with Gasteiger partial charge in [-0.15, -0.1) is 4.52 Å². The van der Waals surface area contributed by atoms with Crippen molar-refractivity contribution in [3.63, 3.8) is 0 Å². The number of alkyl halides is 1. The zero-order valence-electron chi connectivity index (χ0n) is 27.3. The Morgan fingerprint density at radius 2 is 1.66 bits per heavy atom. The third kappa shape index (κ3) is 13.1. The zero-order chi connectivity index (χ0) is 34.0. The lowest BCUT2D eigenvalue weighted by molar-refractivity contribution is -0.121. The molecule has 4 N–H and O–H groups in total. The highest BCUT2D eigenvalue weighted by atomic mass is 31.2. The van der Waals surface area contributed by atoms with Crippen LogP contribution in [0.4, 0.5) is 10.2 Å². The van der Waals surface area contributed by atoms with Crippen LogP contribution in [0, 0.1) is 0 Å². The van der Waals surface area contributed by atoms with E-state index >= 15 is 4.39 Å². The van der Waals surface area contributed by atoms with E-state index in [0.717, 1.165) is 43.1 Å². The highest BCUT2D eigenvalue weighted by Crippen LogP contribution is 2.65. The van der Waals surface area contributed by atoms with Gasteiger partial charge in [0, 0.05) is 19.2 Å². The minimum Gasteiger partial charge on any atom is -0.383 e. The van der Waals surface area contributed by atoms with Crippen LogP contribution in [0.1, 0.15) is 71.4 Å². The van der Waals surface area contributed by atoms with Crippen molar-refractivity contribution in [3.05, 3.63) is 95.7 Å². The van der Waals surface area contributed by atoms with Gasteiger partial charge in [-0.2, -0.15) is 18.9 Å². The predicted octanol–water partition coefficient (Wildman–Crippen LogP) is 6.15. The lowest BCUT2D eigenvalue weighted by Gasteiger charge is -2.30. The molecule has 1 aromatic heterocycles. The van der Waals surface area contributed by atoms with Crippen molar-refractivity contribution in [2.45, 2.75) is 89.3 Å². The number of nitrogens with zero attached hydrogens (tertiary/aromatic N) is 2. The van der Waals surface area contributed by atoms with Gasteiger partial charge in [-0.3, -0.25) is 9.36 Å². The number of nitrogen functional groups attached to an aromatic ring is 1. The molecule has 11 nitrogen and oxygen atoms in total. The molecule has 5 atom stereocenters. The molecule has 47 heavy (non-hydrogen) atoms. The van der Waals surface area contributed by atoms with Gasteiger partial charge in [-0.05, 0) is 57.9 Å². The van der Waals surface area contributed by atoms with Crippen LogP contribution in [-0.2, 0) is 23.1 Å². The number of fused-ring (bicyclic) bond motifs is 1. The molecule has 3 rings (SSSR count). The van der Waals surface area contributed by atoms with Crippen molar-refractivity contribution >= 4 is 19.9 Å². The van der Waals surface area contributed by atoms with E-state index in [-0.39, 0.29) is 31.5 Å². The fourth-order valence-electron chi connectivity index (χ4n) is 4.82. The lowest BCUT2D eigenvalue weighted by Crippen LogP contribution is -2.47. The molecule has 258 valence electrons. The molecule has 2 aliphatic heterocycles. The summed E-state index contributed by atoms with van der Waals surface area (Å²) in [6.45, 7) is 3.13. The topological polar surface area (TPSA) is 147 Å².